The van der Waals surface area contributed by atoms with Gasteiger partial charge >= 0.3 is 0 Å². The first kappa shape index (κ1) is 6.54. The summed E-state index contributed by atoms with van der Waals surface area (Å²) in [6.45, 7) is 0.970. The summed E-state index contributed by atoms with van der Waals surface area (Å²) in [4.78, 5) is 0. The van der Waals surface area contributed by atoms with Crippen molar-refractivity contribution in [3.8, 4) is 0 Å². The molecule has 1 aliphatic carbocycles. The molecular weight excluding hydrogens is 162 g/mol. The van der Waals surface area contributed by atoms with E-state index in [9.17, 15) is 8.78 Å². The van der Waals surface area contributed by atoms with Crippen LogP contribution in [0.4, 0.5) is 8.78 Å². The van der Waals surface area contributed by atoms with Gasteiger partial charge in [0.15, 0.2) is 0 Å². The van der Waals surface area contributed by atoms with Gasteiger partial charge in [0.1, 0.15) is 0 Å². The van der Waals surface area contributed by atoms with Gasteiger partial charge in [-0.15, -0.1) is 0 Å². The summed E-state index contributed by atoms with van der Waals surface area (Å²) in [5.41, 5.74) is 2.22. The van der Waals surface area contributed by atoms with E-state index in [1.165, 1.54) is 0 Å². The van der Waals surface area contributed by atoms with E-state index >= 15 is 0 Å². The summed E-state index contributed by atoms with van der Waals surface area (Å²) < 4.78 is 30.7. The van der Waals surface area contributed by atoms with Crippen molar-refractivity contribution in [1.82, 2.24) is 0 Å². The maximum atomic E-state index is 12.8. The minimum absolute atomic E-state index is 0.187. The lowest BCUT2D eigenvalue weighted by atomic mass is 10.1. The lowest BCUT2D eigenvalue weighted by Gasteiger charge is -1.88. The Bertz CT molecular complexity index is 338. The highest BCUT2D eigenvalue weighted by atomic mass is 19.3. The monoisotopic (exact) mass is 168 g/mol. The predicted molar refractivity (Wildman–Crippen MR) is 37.9 cm³/mol. The highest BCUT2D eigenvalue weighted by Gasteiger charge is 2.53. The van der Waals surface area contributed by atoms with Gasteiger partial charge in [-0.05, 0) is 23.3 Å². The second-order valence-corrected chi connectivity index (χ2v) is 3.23. The first-order valence-electron chi connectivity index (χ1n) is 3.82. The summed E-state index contributed by atoms with van der Waals surface area (Å²) in [5.74, 6) is -2.63. The Kier molecular flexibility index (Phi) is 0.921. The molecule has 0 spiro atoms. The molecule has 0 saturated carbocycles. The van der Waals surface area contributed by atoms with Gasteiger partial charge in [-0.1, -0.05) is 0 Å². The molecule has 62 valence electrons. The standard InChI is InChI=1S/C9H6F2O/c10-9(11)7-1-5-3-12-4-6(5)2-8(7)9/h1-2H,3-4H2. The van der Waals surface area contributed by atoms with Crippen LogP contribution in [0.2, 0.25) is 0 Å². The lowest BCUT2D eigenvalue weighted by molar-refractivity contribution is 0.0981. The van der Waals surface area contributed by atoms with Crippen LogP contribution in [0.3, 0.4) is 0 Å². The van der Waals surface area contributed by atoms with Gasteiger partial charge in [-0.2, -0.15) is 8.78 Å². The second kappa shape index (κ2) is 1.69. The third kappa shape index (κ3) is 0.607. The molecule has 3 heteroatoms. The van der Waals surface area contributed by atoms with E-state index in [0.29, 0.717) is 13.2 Å². The number of hydrogen-bond donors (Lipinski definition) is 0. The van der Waals surface area contributed by atoms with E-state index in [1.54, 1.807) is 12.1 Å². The van der Waals surface area contributed by atoms with Crippen molar-refractivity contribution in [1.29, 1.82) is 0 Å². The van der Waals surface area contributed by atoms with Crippen molar-refractivity contribution in [2.24, 2.45) is 0 Å². The quantitative estimate of drug-likeness (QED) is 0.576. The minimum atomic E-state index is -2.63. The minimum Gasteiger partial charge on any atom is -0.372 e. The molecule has 0 atom stereocenters. The summed E-state index contributed by atoms with van der Waals surface area (Å²) in [6, 6.07) is 3.13. The molecular formula is C9H6F2O. The van der Waals surface area contributed by atoms with E-state index in [4.69, 9.17) is 4.74 Å². The van der Waals surface area contributed by atoms with Gasteiger partial charge in [0.2, 0.25) is 0 Å². The number of rotatable bonds is 0. The van der Waals surface area contributed by atoms with Crippen LogP contribution >= 0.6 is 0 Å². The molecule has 0 saturated heterocycles. The molecule has 0 aromatic heterocycles. The molecule has 0 radical (unpaired) electrons. The van der Waals surface area contributed by atoms with Crippen LogP contribution in [0.15, 0.2) is 12.1 Å². The Morgan fingerprint density at radius 1 is 1.08 bits per heavy atom. The molecule has 0 amide bonds. The lowest BCUT2D eigenvalue weighted by Crippen LogP contribution is -1.84. The molecule has 1 aromatic rings. The van der Waals surface area contributed by atoms with E-state index in [-0.39, 0.29) is 11.1 Å². The van der Waals surface area contributed by atoms with Crippen LogP contribution in [0.5, 0.6) is 0 Å². The van der Waals surface area contributed by atoms with Crippen LogP contribution in [-0.2, 0) is 23.9 Å². The van der Waals surface area contributed by atoms with Crippen LogP contribution in [-0.4, -0.2) is 0 Å². The summed E-state index contributed by atoms with van der Waals surface area (Å²) in [6.07, 6.45) is 0. The van der Waals surface area contributed by atoms with E-state index in [0.717, 1.165) is 11.1 Å². The molecule has 2 aliphatic rings. The highest BCUT2D eigenvalue weighted by Crippen LogP contribution is 2.54. The van der Waals surface area contributed by atoms with Crippen molar-refractivity contribution >= 4 is 0 Å². The number of ether oxygens (including phenoxy) is 1. The fourth-order valence-corrected chi connectivity index (χ4v) is 1.68. The Labute approximate surface area is 68.0 Å². The second-order valence-electron chi connectivity index (χ2n) is 3.23. The molecule has 12 heavy (non-hydrogen) atoms. The van der Waals surface area contributed by atoms with Gasteiger partial charge in [-0.25, -0.2) is 0 Å². The molecule has 0 bridgehead atoms. The number of halogens is 2. The van der Waals surface area contributed by atoms with E-state index in [1.807, 2.05) is 0 Å². The maximum Gasteiger partial charge on any atom is 0.299 e. The third-order valence-corrected chi connectivity index (χ3v) is 2.47. The van der Waals surface area contributed by atoms with Crippen LogP contribution in [0, 0.1) is 0 Å². The van der Waals surface area contributed by atoms with Crippen molar-refractivity contribution < 1.29 is 13.5 Å². The summed E-state index contributed by atoms with van der Waals surface area (Å²) in [7, 11) is 0. The van der Waals surface area contributed by atoms with Crippen LogP contribution in [0.25, 0.3) is 0 Å². The Hall–Kier alpha value is -0.960. The normalized spacial score (nSPS) is 21.8. The number of alkyl halides is 2. The Balaban J connectivity index is 2.19. The summed E-state index contributed by atoms with van der Waals surface area (Å²) in [5, 5.41) is 0. The van der Waals surface area contributed by atoms with Gasteiger partial charge in [0, 0.05) is 11.1 Å². The first-order chi connectivity index (χ1) is 5.69. The molecule has 0 fully saturated rings. The van der Waals surface area contributed by atoms with Gasteiger partial charge in [-0.3, -0.25) is 0 Å². The smallest absolute Gasteiger partial charge is 0.299 e. The fourth-order valence-electron chi connectivity index (χ4n) is 1.68. The molecule has 1 aromatic carbocycles. The van der Waals surface area contributed by atoms with Crippen LogP contribution < -0.4 is 0 Å². The molecule has 0 unspecified atom stereocenters. The molecule has 1 aliphatic heterocycles. The van der Waals surface area contributed by atoms with Crippen molar-refractivity contribution in [2.45, 2.75) is 19.1 Å². The zero-order valence-electron chi connectivity index (χ0n) is 6.23. The third-order valence-electron chi connectivity index (χ3n) is 2.47. The highest BCUT2D eigenvalue weighted by molar-refractivity contribution is 5.58. The van der Waals surface area contributed by atoms with Crippen LogP contribution in [0.1, 0.15) is 22.3 Å². The van der Waals surface area contributed by atoms with E-state index in [2.05, 4.69) is 0 Å². The predicted octanol–water partition coefficient (Wildman–Crippen LogP) is 2.17. The molecule has 1 heterocycles. The molecule has 0 N–H and O–H groups in total. The van der Waals surface area contributed by atoms with Crippen molar-refractivity contribution in [2.75, 3.05) is 0 Å². The topological polar surface area (TPSA) is 9.23 Å². The van der Waals surface area contributed by atoms with Crippen molar-refractivity contribution in [3.05, 3.63) is 34.4 Å². The van der Waals surface area contributed by atoms with Gasteiger partial charge in [0.25, 0.3) is 5.92 Å². The summed E-state index contributed by atoms with van der Waals surface area (Å²) >= 11 is 0. The number of hydrogen-bond acceptors (Lipinski definition) is 1. The average molecular weight is 168 g/mol. The number of fused-ring (bicyclic) bond motifs is 2. The fraction of sp³-hybridized carbons (Fsp3) is 0.333. The van der Waals surface area contributed by atoms with Crippen molar-refractivity contribution in [3.63, 3.8) is 0 Å². The molecule has 1 nitrogen and oxygen atoms in total. The Morgan fingerprint density at radius 2 is 1.58 bits per heavy atom. The zero-order valence-corrected chi connectivity index (χ0v) is 6.23. The SMILES string of the molecule is FC1(F)c2cc3c(cc21)COC3. The zero-order chi connectivity index (χ0) is 8.34. The van der Waals surface area contributed by atoms with Gasteiger partial charge in [0.05, 0.1) is 13.2 Å². The Morgan fingerprint density at radius 3 is 2.08 bits per heavy atom. The molecule has 3 rings (SSSR count). The van der Waals surface area contributed by atoms with Gasteiger partial charge < -0.3 is 4.74 Å². The number of benzene rings is 1. The largest absolute Gasteiger partial charge is 0.372 e. The average Bonchev–Trinajstić information content (AvgIpc) is 2.50. The maximum absolute atomic E-state index is 12.8. The first-order valence-corrected chi connectivity index (χ1v) is 3.82. The van der Waals surface area contributed by atoms with E-state index < -0.39 is 5.92 Å².